The molecule has 3 N–H and O–H groups in total. The number of para-hydroxylation sites is 3. The van der Waals surface area contributed by atoms with E-state index in [4.69, 9.17) is 82.2 Å². The van der Waals surface area contributed by atoms with Crippen molar-refractivity contribution in [1.29, 1.82) is 0 Å². The Morgan fingerprint density at radius 1 is 1.01 bits per heavy atom. The van der Waals surface area contributed by atoms with Crippen molar-refractivity contribution in [3.63, 3.8) is 0 Å². The smallest absolute Gasteiger partial charge is 0.355 e. The number of carboxylic acids is 1. The van der Waals surface area contributed by atoms with Gasteiger partial charge in [0.2, 0.25) is 5.91 Å². The van der Waals surface area contributed by atoms with Crippen LogP contribution in [0.3, 0.4) is 0 Å². The SMILES string of the molecule is CC1COc2ccccc2N1C(=O)C(Cl)Cl.CCOC(=O)C(Cl)Cc1cc(-n2nc(C)n(C(F)F)c2=O)c(F)cc1Cl.CCc1cccc(CC)c1N(COC)C(=O)CCl.C[S+](C)C.O=C(O)CNCP(=O)([O-])O. The molecule has 1 aliphatic heterocycles. The van der Waals surface area contributed by atoms with Gasteiger partial charge in [-0.15, -0.1) is 28.3 Å². The predicted octanol–water partition coefficient (Wildman–Crippen LogP) is 7.49. The molecule has 0 saturated heterocycles. The van der Waals surface area contributed by atoms with Crippen LogP contribution in [-0.4, -0.2) is 129 Å². The quantitative estimate of drug-likeness (QED) is 0.0306. The van der Waals surface area contributed by atoms with Crippen LogP contribution in [0.1, 0.15) is 56.8 Å². The molecule has 1 aromatic heterocycles. The fourth-order valence-corrected chi connectivity index (χ4v) is 7.54. The molecule has 3 atom stereocenters. The van der Waals surface area contributed by atoms with E-state index in [1.54, 1.807) is 23.8 Å². The highest BCUT2D eigenvalue weighted by atomic mass is 35.5. The molecule has 1 aliphatic rings. The zero-order valence-corrected chi connectivity index (χ0v) is 47.5. The number of nitrogens with zero attached hydrogens (tertiary/aromatic N) is 5. The van der Waals surface area contributed by atoms with E-state index in [1.807, 2.05) is 54.7 Å². The van der Waals surface area contributed by atoms with Crippen LogP contribution in [0.15, 0.2) is 59.4 Å². The molecule has 2 heterocycles. The number of hydrogen-bond donors (Lipinski definition) is 3. The summed E-state index contributed by atoms with van der Waals surface area (Å²) in [5.74, 6) is -2.89. The maximum absolute atomic E-state index is 14.2. The summed E-state index contributed by atoms with van der Waals surface area (Å²) >= 11 is 28.8. The molecule has 0 aliphatic carbocycles. The van der Waals surface area contributed by atoms with Crippen molar-refractivity contribution in [2.45, 2.75) is 76.7 Å². The molecule has 414 valence electrons. The van der Waals surface area contributed by atoms with E-state index >= 15 is 0 Å². The van der Waals surface area contributed by atoms with E-state index < -0.39 is 60.6 Å². The Balaban J connectivity index is 0.000000503. The molecule has 18 nitrogen and oxygen atoms in total. The van der Waals surface area contributed by atoms with E-state index in [1.165, 1.54) is 6.92 Å². The van der Waals surface area contributed by atoms with Crippen LogP contribution < -0.4 is 30.4 Å². The summed E-state index contributed by atoms with van der Waals surface area (Å²) in [5, 5.41) is 12.5. The third-order valence-corrected chi connectivity index (χ3v) is 11.3. The molecule has 0 spiro atoms. The molecule has 2 amide bonds. The number of carbonyl (C=O) groups excluding carboxylic acids is 3. The lowest BCUT2D eigenvalue weighted by molar-refractivity contribution is -0.193. The van der Waals surface area contributed by atoms with Gasteiger partial charge < -0.3 is 38.6 Å². The number of amides is 2. The highest BCUT2D eigenvalue weighted by Gasteiger charge is 2.32. The van der Waals surface area contributed by atoms with Crippen LogP contribution in [0.25, 0.3) is 5.69 Å². The van der Waals surface area contributed by atoms with E-state index in [0.29, 0.717) is 27.9 Å². The molecule has 0 bridgehead atoms. The Bertz CT molecular complexity index is 2540. The van der Waals surface area contributed by atoms with Crippen molar-refractivity contribution in [3.8, 4) is 11.4 Å². The maximum atomic E-state index is 14.2. The third kappa shape index (κ3) is 22.3. The predicted molar refractivity (Wildman–Crippen MR) is 284 cm³/mol. The molecule has 28 heteroatoms. The number of benzene rings is 3. The van der Waals surface area contributed by atoms with Crippen LogP contribution in [-0.2, 0) is 63.4 Å². The van der Waals surface area contributed by atoms with Crippen LogP contribution >= 0.6 is 65.6 Å². The minimum absolute atomic E-state index is 0.0371. The summed E-state index contributed by atoms with van der Waals surface area (Å²) in [5.41, 5.74) is 2.59. The van der Waals surface area contributed by atoms with Crippen LogP contribution in [0, 0.1) is 12.7 Å². The van der Waals surface area contributed by atoms with E-state index in [9.17, 15) is 46.6 Å². The van der Waals surface area contributed by atoms with Crippen molar-refractivity contribution >= 4 is 112 Å². The van der Waals surface area contributed by atoms with E-state index in [0.717, 1.165) is 47.5 Å². The average molecular weight is 1190 g/mol. The van der Waals surface area contributed by atoms with Gasteiger partial charge in [-0.3, -0.25) is 29.4 Å². The number of aliphatic carboxylic acids is 1. The Morgan fingerprint density at radius 3 is 2.07 bits per heavy atom. The lowest BCUT2D eigenvalue weighted by atomic mass is 10.0. The van der Waals surface area contributed by atoms with Gasteiger partial charge in [0, 0.05) is 18.6 Å². The molecule has 0 radical (unpaired) electrons. The zero-order chi connectivity index (χ0) is 56.6. The number of fused-ring (bicyclic) bond motifs is 1. The Morgan fingerprint density at radius 2 is 1.59 bits per heavy atom. The number of carboxylic acid groups (broad SMARTS) is 1. The highest BCUT2D eigenvalue weighted by Crippen LogP contribution is 2.35. The summed E-state index contributed by atoms with van der Waals surface area (Å²) in [6, 6.07) is 15.4. The van der Waals surface area contributed by atoms with Gasteiger partial charge in [0.15, 0.2) is 10.7 Å². The molecular formula is C46H61Cl5F3N6O12PS. The molecule has 3 unspecified atom stereocenters. The lowest BCUT2D eigenvalue weighted by Gasteiger charge is -2.35. The van der Waals surface area contributed by atoms with Gasteiger partial charge in [0.25, 0.3) is 5.91 Å². The highest BCUT2D eigenvalue weighted by molar-refractivity contribution is 7.94. The summed E-state index contributed by atoms with van der Waals surface area (Å²) in [4.78, 5) is 77.5. The Kier molecular flexibility index (Phi) is 31.1. The molecule has 5 rings (SSSR count). The van der Waals surface area contributed by atoms with Gasteiger partial charge in [0.05, 0.1) is 55.6 Å². The van der Waals surface area contributed by atoms with Crippen molar-refractivity contribution in [2.24, 2.45) is 0 Å². The minimum atomic E-state index is -4.35. The van der Waals surface area contributed by atoms with Gasteiger partial charge >= 0.3 is 24.2 Å². The van der Waals surface area contributed by atoms with Gasteiger partial charge in [0.1, 0.15) is 49.5 Å². The first-order valence-electron chi connectivity index (χ1n) is 22.1. The molecule has 0 saturated carbocycles. The maximum Gasteiger partial charge on any atom is 0.355 e. The number of aryl methyl sites for hydroxylation is 3. The second-order valence-electron chi connectivity index (χ2n) is 15.7. The number of ether oxygens (including phenoxy) is 3. The van der Waals surface area contributed by atoms with E-state index in [-0.39, 0.29) is 70.2 Å². The van der Waals surface area contributed by atoms with E-state index in [2.05, 4.69) is 37.7 Å². The lowest BCUT2D eigenvalue weighted by Crippen LogP contribution is -2.47. The second-order valence-corrected chi connectivity index (χ2v) is 22.0. The first kappa shape index (κ1) is 68.0. The van der Waals surface area contributed by atoms with Gasteiger partial charge in [-0.2, -0.15) is 13.5 Å². The Hall–Kier alpha value is -4.06. The minimum Gasteiger partial charge on any atom is -0.778 e. The first-order chi connectivity index (χ1) is 34.6. The topological polar surface area (TPSA) is 235 Å². The van der Waals surface area contributed by atoms with Gasteiger partial charge in [-0.25, -0.2) is 13.8 Å². The monoisotopic (exact) mass is 1180 g/mol. The molecule has 0 fully saturated rings. The summed E-state index contributed by atoms with van der Waals surface area (Å²) in [6.45, 7) is 6.05. The number of carbonyl (C=O) groups is 4. The number of nitrogens with one attached hydrogen (secondary N) is 1. The second kappa shape index (κ2) is 33.9. The summed E-state index contributed by atoms with van der Waals surface area (Å²) in [7, 11) is -2.13. The van der Waals surface area contributed by atoms with Crippen molar-refractivity contribution in [1.82, 2.24) is 19.7 Å². The molecular weight excluding hydrogens is 1130 g/mol. The fourth-order valence-electron chi connectivity index (χ4n) is 6.34. The number of methoxy groups -OCH3 is 1. The largest absolute Gasteiger partial charge is 0.778 e. The number of esters is 1. The van der Waals surface area contributed by atoms with Crippen LogP contribution in [0.5, 0.6) is 5.75 Å². The number of halogens is 8. The Labute approximate surface area is 455 Å². The number of alkyl halides is 6. The number of anilines is 2. The number of hydrogen-bond acceptors (Lipinski definition) is 12. The summed E-state index contributed by atoms with van der Waals surface area (Å²) < 4.78 is 66.1. The van der Waals surface area contributed by atoms with Crippen LogP contribution in [0.4, 0.5) is 24.5 Å². The summed E-state index contributed by atoms with van der Waals surface area (Å²) in [6.07, 6.45) is 7.51. The average Bonchev–Trinajstić information content (AvgIpc) is 3.63. The zero-order valence-electron chi connectivity index (χ0n) is 42.0. The normalized spacial score (nSPS) is 13.8. The standard InChI is InChI=1S/C15H14Cl2F3N3O3.C14H20ClNO2.C11H11Cl2NO2.C3H8NO5P.C3H9S/c1-3-26-13(24)10(17)4-8-5-12(11(18)6-9(8)16)23-15(25)22(14(19)20)7(2)21-23;1-4-11-7-6-8-12(5-2)14(11)16(10-18-3)13(17)9-15;1-7-6-16-9-5-3-2-4-8(9)14(7)11(15)10(12)13;5-3(6)1-4-2-10(7,8)9;1-4(2)3/h5-6,10,14H,3-4H2,1-2H3;6-8H,4-5,9-10H2,1-3H3;2-5,7,10H,6H2,1H3;4H,1-2H2,(H,5,6)(H2,7,8,9);1-3H3/q;;;;+1/p-1. The van der Waals surface area contributed by atoms with Crippen LogP contribution in [0.2, 0.25) is 5.02 Å². The molecule has 74 heavy (non-hydrogen) atoms. The molecule has 3 aromatic carbocycles. The van der Waals surface area contributed by atoms with Crippen molar-refractivity contribution < 1.29 is 66.0 Å². The van der Waals surface area contributed by atoms with Crippen molar-refractivity contribution in [3.05, 3.63) is 98.4 Å². The fraction of sp³-hybridized carbons (Fsp3) is 0.478. The first-order valence-corrected chi connectivity index (χ1v) is 28.5. The third-order valence-electron chi connectivity index (χ3n) is 9.43. The number of aromatic nitrogens is 3. The molecule has 4 aromatic rings. The van der Waals surface area contributed by atoms with Crippen molar-refractivity contribution in [2.75, 3.05) is 74.3 Å². The van der Waals surface area contributed by atoms with Gasteiger partial charge in [-0.1, -0.05) is 79.0 Å². The van der Waals surface area contributed by atoms with Gasteiger partial charge in [-0.05, 0) is 85.5 Å². The number of rotatable bonds is 17.